The fourth-order valence-electron chi connectivity index (χ4n) is 5.20. The zero-order chi connectivity index (χ0) is 24.2. The second kappa shape index (κ2) is 8.42. The molecule has 0 N–H and O–H groups in total. The van der Waals surface area contributed by atoms with E-state index in [4.69, 9.17) is 4.74 Å². The van der Waals surface area contributed by atoms with Crippen molar-refractivity contribution in [3.05, 3.63) is 81.2 Å². The lowest BCUT2D eigenvalue weighted by molar-refractivity contribution is -0.665. The van der Waals surface area contributed by atoms with Crippen LogP contribution in [0.5, 0.6) is 5.75 Å². The second-order valence-corrected chi connectivity index (χ2v) is 11.7. The third-order valence-corrected chi connectivity index (χ3v) is 8.13. The maximum absolute atomic E-state index is 6.22. The number of nitrogens with zero attached hydrogens (tertiary/aromatic N) is 2. The molecule has 4 heteroatoms. The average molecular weight is 472 g/mol. The number of anilines is 1. The normalized spacial score (nSPS) is 19.6. The molecular weight excluding hydrogens is 436 g/mol. The molecular formula is C30H35N2OS+. The molecule has 0 unspecified atom stereocenters. The Hall–Kier alpha value is -2.85. The monoisotopic (exact) mass is 471 g/mol. The van der Waals surface area contributed by atoms with E-state index in [2.05, 4.69) is 107 Å². The molecule has 3 nitrogen and oxygen atoms in total. The number of allylic oxidation sites excluding steroid dienone is 4. The molecule has 5 rings (SSSR count). The third kappa shape index (κ3) is 4.20. The van der Waals surface area contributed by atoms with E-state index < -0.39 is 0 Å². The molecule has 0 amide bonds. The average Bonchev–Trinajstić information content (AvgIpc) is 3.23. The molecule has 0 bridgehead atoms. The minimum Gasteiger partial charge on any atom is -0.439 e. The molecule has 2 aliphatic rings. The van der Waals surface area contributed by atoms with Gasteiger partial charge in [0.15, 0.2) is 5.75 Å². The van der Waals surface area contributed by atoms with Crippen LogP contribution in [0.4, 0.5) is 5.69 Å². The van der Waals surface area contributed by atoms with Crippen LogP contribution < -0.4 is 14.2 Å². The van der Waals surface area contributed by atoms with Gasteiger partial charge in [0.2, 0.25) is 11.4 Å². The summed E-state index contributed by atoms with van der Waals surface area (Å²) in [5, 5.41) is 1.33. The van der Waals surface area contributed by atoms with Crippen LogP contribution in [-0.2, 0) is 6.54 Å². The molecule has 3 aromatic rings. The fraction of sp³-hybridized carbons (Fsp3) is 0.367. The highest BCUT2D eigenvalue weighted by Gasteiger charge is 2.29. The van der Waals surface area contributed by atoms with Crippen LogP contribution in [0, 0.1) is 26.2 Å². The van der Waals surface area contributed by atoms with Gasteiger partial charge in [-0.1, -0.05) is 37.3 Å². The summed E-state index contributed by atoms with van der Waals surface area (Å²) in [5.74, 6) is 1.84. The highest BCUT2D eigenvalue weighted by molar-refractivity contribution is 7.18. The highest BCUT2D eigenvalue weighted by Crippen LogP contribution is 2.42. The first-order valence-corrected chi connectivity index (χ1v) is 13.0. The van der Waals surface area contributed by atoms with E-state index in [0.717, 1.165) is 36.7 Å². The first kappa shape index (κ1) is 22.9. The predicted molar refractivity (Wildman–Crippen MR) is 145 cm³/mol. The Labute approximate surface area is 207 Å². The van der Waals surface area contributed by atoms with Crippen molar-refractivity contribution in [2.45, 2.75) is 60.9 Å². The molecule has 176 valence electrons. The number of hydrogen-bond acceptors (Lipinski definition) is 3. The van der Waals surface area contributed by atoms with Gasteiger partial charge in [-0.25, -0.2) is 0 Å². The quantitative estimate of drug-likeness (QED) is 0.365. The summed E-state index contributed by atoms with van der Waals surface area (Å²) >= 11 is 1.90. The largest absolute Gasteiger partial charge is 0.439 e. The number of benzene rings is 2. The molecule has 0 saturated heterocycles. The lowest BCUT2D eigenvalue weighted by Gasteiger charge is -2.30. The fourth-order valence-corrected chi connectivity index (χ4v) is 6.48. The molecule has 1 aromatic heterocycles. The molecule has 2 heterocycles. The van der Waals surface area contributed by atoms with Crippen LogP contribution in [0.3, 0.4) is 0 Å². The second-order valence-electron chi connectivity index (χ2n) is 10.7. The van der Waals surface area contributed by atoms with E-state index in [9.17, 15) is 0 Å². The van der Waals surface area contributed by atoms with Gasteiger partial charge in [0.05, 0.1) is 5.69 Å². The molecule has 0 spiro atoms. The van der Waals surface area contributed by atoms with E-state index in [1.807, 2.05) is 11.3 Å². The standard InChI is InChI=1S/C30H35N2OS/c1-8-32-25-12-20(3)21(4)13-27(25)34-29(32)16-23-14-22(17-30(5,6)18-23)15-28-31(7)24-11-19(2)9-10-26(24)33-28/h9-16H,8,17-18H2,1-7H3/q+1. The van der Waals surface area contributed by atoms with Gasteiger partial charge in [-0.15, -0.1) is 0 Å². The van der Waals surface area contributed by atoms with Crippen molar-refractivity contribution in [1.82, 2.24) is 0 Å². The zero-order valence-electron chi connectivity index (χ0n) is 21.5. The lowest BCUT2D eigenvalue weighted by Crippen LogP contribution is -2.33. The summed E-state index contributed by atoms with van der Waals surface area (Å²) in [6, 6.07) is 11.1. The molecule has 0 atom stereocenters. The van der Waals surface area contributed by atoms with E-state index in [1.165, 1.54) is 43.1 Å². The molecule has 34 heavy (non-hydrogen) atoms. The molecule has 0 saturated carbocycles. The van der Waals surface area contributed by atoms with E-state index in [-0.39, 0.29) is 5.41 Å². The first-order chi connectivity index (χ1) is 16.1. The van der Waals surface area contributed by atoms with Gasteiger partial charge in [-0.3, -0.25) is 0 Å². The number of rotatable bonds is 3. The van der Waals surface area contributed by atoms with Crippen LogP contribution in [0.1, 0.15) is 55.3 Å². The van der Waals surface area contributed by atoms with Crippen molar-refractivity contribution in [2.24, 2.45) is 5.41 Å². The van der Waals surface area contributed by atoms with Crippen LogP contribution in [0.15, 0.2) is 59.5 Å². The number of hydrogen-bond donors (Lipinski definition) is 0. The number of thiazole rings is 1. The molecule has 0 fully saturated rings. The van der Waals surface area contributed by atoms with Gasteiger partial charge in [0.25, 0.3) is 5.01 Å². The van der Waals surface area contributed by atoms with Gasteiger partial charge in [-0.2, -0.15) is 4.57 Å². The molecule has 1 aliphatic carbocycles. The van der Waals surface area contributed by atoms with Crippen LogP contribution in [0.25, 0.3) is 16.3 Å². The van der Waals surface area contributed by atoms with Gasteiger partial charge in [0, 0.05) is 25.3 Å². The molecule has 1 aliphatic heterocycles. The van der Waals surface area contributed by atoms with Crippen LogP contribution in [-0.4, -0.2) is 7.05 Å². The summed E-state index contributed by atoms with van der Waals surface area (Å²) in [6.07, 6.45) is 9.14. The Morgan fingerprint density at radius 2 is 1.82 bits per heavy atom. The summed E-state index contributed by atoms with van der Waals surface area (Å²) < 4.78 is 10.0. The van der Waals surface area contributed by atoms with Gasteiger partial charge >= 0.3 is 0 Å². The first-order valence-electron chi connectivity index (χ1n) is 12.2. The molecule has 2 aromatic carbocycles. The van der Waals surface area contributed by atoms with Crippen LogP contribution >= 0.6 is 11.3 Å². The van der Waals surface area contributed by atoms with Gasteiger partial charge in [-0.05, 0) is 92.0 Å². The summed E-state index contributed by atoms with van der Waals surface area (Å²) in [5.41, 5.74) is 9.36. The van der Waals surface area contributed by atoms with Crippen molar-refractivity contribution in [3.8, 4) is 5.75 Å². The van der Waals surface area contributed by atoms with E-state index >= 15 is 0 Å². The SMILES string of the molecule is CC[n+]1c(/C=C2C=C(/C=C3\Oc4ccc(C)cc4N3C)CC(C)(C)C/2)sc2cc(C)c(C)cc21. The van der Waals surface area contributed by atoms with E-state index in [0.29, 0.717) is 0 Å². The summed E-state index contributed by atoms with van der Waals surface area (Å²) in [4.78, 5) is 2.16. The Bertz CT molecular complexity index is 1390. The maximum atomic E-state index is 6.22. The van der Waals surface area contributed by atoms with Crippen molar-refractivity contribution < 1.29 is 9.30 Å². The maximum Gasteiger partial charge on any atom is 0.263 e. The lowest BCUT2D eigenvalue weighted by atomic mass is 9.75. The number of fused-ring (bicyclic) bond motifs is 2. The Morgan fingerprint density at radius 1 is 1.06 bits per heavy atom. The Morgan fingerprint density at radius 3 is 2.59 bits per heavy atom. The molecule has 0 radical (unpaired) electrons. The van der Waals surface area contributed by atoms with Crippen molar-refractivity contribution in [1.29, 1.82) is 0 Å². The Balaban J connectivity index is 1.54. The number of ether oxygens (including phenoxy) is 1. The summed E-state index contributed by atoms with van der Waals surface area (Å²) in [7, 11) is 2.09. The third-order valence-electron chi connectivity index (χ3n) is 7.04. The van der Waals surface area contributed by atoms with Crippen molar-refractivity contribution in [3.63, 3.8) is 0 Å². The highest BCUT2D eigenvalue weighted by atomic mass is 32.1. The van der Waals surface area contributed by atoms with Crippen LogP contribution in [0.2, 0.25) is 0 Å². The minimum atomic E-state index is 0.203. The minimum absolute atomic E-state index is 0.203. The number of aryl methyl sites for hydroxylation is 4. The summed E-state index contributed by atoms with van der Waals surface area (Å²) in [6.45, 7) is 14.5. The smallest absolute Gasteiger partial charge is 0.263 e. The Kier molecular flexibility index (Phi) is 5.68. The van der Waals surface area contributed by atoms with Crippen molar-refractivity contribution >= 4 is 33.3 Å². The zero-order valence-corrected chi connectivity index (χ0v) is 22.3. The predicted octanol–water partition coefficient (Wildman–Crippen LogP) is 7.63. The number of aromatic nitrogens is 1. The van der Waals surface area contributed by atoms with Gasteiger partial charge < -0.3 is 9.64 Å². The topological polar surface area (TPSA) is 16.4 Å². The van der Waals surface area contributed by atoms with Gasteiger partial charge in [0.1, 0.15) is 11.2 Å². The van der Waals surface area contributed by atoms with Crippen molar-refractivity contribution in [2.75, 3.05) is 11.9 Å². The van der Waals surface area contributed by atoms with E-state index in [1.54, 1.807) is 0 Å².